The first kappa shape index (κ1) is 12.3. The first-order valence-electron chi connectivity index (χ1n) is 4.16. The molecule has 0 saturated carbocycles. The van der Waals surface area contributed by atoms with Crippen molar-refractivity contribution >= 4 is 20.7 Å². The van der Waals surface area contributed by atoms with Crippen molar-refractivity contribution in [1.29, 1.82) is 0 Å². The topological polar surface area (TPSA) is 26.3 Å². The number of halogens is 4. The van der Waals surface area contributed by atoms with Crippen LogP contribution in [0.25, 0.3) is 0 Å². The Hall–Kier alpha value is 0.190. The first-order chi connectivity index (χ1) is 6.39. The Morgan fingerprint density at radius 3 is 2.57 bits per heavy atom. The summed E-state index contributed by atoms with van der Waals surface area (Å²) in [6.45, 7) is 0. The Morgan fingerprint density at radius 1 is 1.43 bits per heavy atom. The average molecular weight is 251 g/mol. The predicted octanol–water partition coefficient (Wildman–Crippen LogP) is 2.39. The van der Waals surface area contributed by atoms with Gasteiger partial charge in [0.2, 0.25) is 0 Å². The van der Waals surface area contributed by atoms with Crippen molar-refractivity contribution in [3.63, 3.8) is 0 Å². The van der Waals surface area contributed by atoms with Crippen LogP contribution >= 0.6 is 10.7 Å². The second kappa shape index (κ2) is 4.81. The third-order valence-electron chi connectivity index (χ3n) is 2.03. The van der Waals surface area contributed by atoms with E-state index in [1.807, 2.05) is 0 Å². The molecule has 7 heteroatoms. The van der Waals surface area contributed by atoms with Crippen molar-refractivity contribution < 1.29 is 22.1 Å². The summed E-state index contributed by atoms with van der Waals surface area (Å²) in [6.07, 6.45) is -5.77. The summed E-state index contributed by atoms with van der Waals surface area (Å²) in [5.74, 6) is -0.0336. The van der Waals surface area contributed by atoms with Gasteiger partial charge in [0.05, 0.1) is 11.9 Å². The lowest BCUT2D eigenvalue weighted by molar-refractivity contribution is -0.242. The summed E-state index contributed by atoms with van der Waals surface area (Å²) < 4.78 is 52.0. The van der Waals surface area contributed by atoms with E-state index in [1.54, 1.807) is 0 Å². The van der Waals surface area contributed by atoms with Crippen molar-refractivity contribution in [2.75, 3.05) is 5.75 Å². The van der Waals surface area contributed by atoms with Crippen molar-refractivity contribution in [3.05, 3.63) is 0 Å². The lowest BCUT2D eigenvalue weighted by Gasteiger charge is -2.30. The van der Waals surface area contributed by atoms with Gasteiger partial charge in [0, 0.05) is 0 Å². The van der Waals surface area contributed by atoms with E-state index < -0.39 is 28.4 Å². The second-order valence-electron chi connectivity index (χ2n) is 3.18. The highest BCUT2D eigenvalue weighted by Gasteiger charge is 2.43. The third kappa shape index (κ3) is 3.74. The van der Waals surface area contributed by atoms with Gasteiger partial charge in [0.25, 0.3) is 0 Å². The normalized spacial score (nSPS) is 31.4. The van der Waals surface area contributed by atoms with E-state index in [9.17, 15) is 17.4 Å². The van der Waals surface area contributed by atoms with Gasteiger partial charge in [-0.3, -0.25) is 0 Å². The van der Waals surface area contributed by atoms with E-state index in [4.69, 9.17) is 15.4 Å². The van der Waals surface area contributed by atoms with Crippen LogP contribution in [0.5, 0.6) is 0 Å². The van der Waals surface area contributed by atoms with E-state index in [0.717, 1.165) is 0 Å². The maximum absolute atomic E-state index is 12.2. The van der Waals surface area contributed by atoms with Crippen LogP contribution in [0.15, 0.2) is 0 Å². The SMILES string of the molecule is O=S(Cl)CC1CCCC(C(F)(F)F)O1. The van der Waals surface area contributed by atoms with Gasteiger partial charge >= 0.3 is 6.18 Å². The van der Waals surface area contributed by atoms with Crippen LogP contribution in [0.3, 0.4) is 0 Å². The molecule has 1 heterocycles. The summed E-state index contributed by atoms with van der Waals surface area (Å²) in [4.78, 5) is 0. The molecule has 1 fully saturated rings. The Kier molecular flexibility index (Phi) is 4.21. The van der Waals surface area contributed by atoms with Crippen LogP contribution in [0.4, 0.5) is 13.2 Å². The van der Waals surface area contributed by atoms with E-state index in [1.165, 1.54) is 0 Å². The van der Waals surface area contributed by atoms with Crippen LogP contribution in [0.1, 0.15) is 19.3 Å². The van der Waals surface area contributed by atoms with Crippen molar-refractivity contribution in [2.45, 2.75) is 37.6 Å². The van der Waals surface area contributed by atoms with Gasteiger partial charge < -0.3 is 4.74 Å². The smallest absolute Gasteiger partial charge is 0.365 e. The van der Waals surface area contributed by atoms with Crippen LogP contribution in [-0.4, -0.2) is 28.3 Å². The Morgan fingerprint density at radius 2 is 2.07 bits per heavy atom. The van der Waals surface area contributed by atoms with E-state index in [2.05, 4.69) is 0 Å². The largest absolute Gasteiger partial charge is 0.414 e. The van der Waals surface area contributed by atoms with E-state index >= 15 is 0 Å². The molecule has 1 rings (SSSR count). The second-order valence-corrected chi connectivity index (χ2v) is 5.12. The highest BCUT2D eigenvalue weighted by atomic mass is 35.7. The fourth-order valence-corrected chi connectivity index (χ4v) is 2.37. The van der Waals surface area contributed by atoms with E-state index in [0.29, 0.717) is 12.8 Å². The summed E-state index contributed by atoms with van der Waals surface area (Å²) in [7, 11) is 3.56. The predicted molar refractivity (Wildman–Crippen MR) is 47.4 cm³/mol. The molecular weight excluding hydrogens is 241 g/mol. The fraction of sp³-hybridized carbons (Fsp3) is 1.00. The molecule has 1 aliphatic rings. The summed E-state index contributed by atoms with van der Waals surface area (Å²) in [5.41, 5.74) is 0. The monoisotopic (exact) mass is 250 g/mol. The van der Waals surface area contributed by atoms with Crippen LogP contribution in [0.2, 0.25) is 0 Å². The standard InChI is InChI=1S/C7H10ClF3O2S/c8-14(12)4-5-2-1-3-6(13-5)7(9,10)11/h5-6H,1-4H2. The number of rotatable bonds is 2. The molecule has 1 saturated heterocycles. The molecule has 0 aliphatic carbocycles. The molecule has 2 nitrogen and oxygen atoms in total. The minimum Gasteiger partial charge on any atom is -0.365 e. The van der Waals surface area contributed by atoms with Gasteiger partial charge in [-0.05, 0) is 29.9 Å². The lowest BCUT2D eigenvalue weighted by atomic mass is 10.0. The Balaban J connectivity index is 2.48. The van der Waals surface area contributed by atoms with Gasteiger partial charge in [-0.25, -0.2) is 4.21 Å². The highest BCUT2D eigenvalue weighted by Crippen LogP contribution is 2.32. The molecule has 3 atom stereocenters. The molecule has 0 bridgehead atoms. The molecule has 0 aromatic heterocycles. The zero-order valence-corrected chi connectivity index (χ0v) is 8.79. The van der Waals surface area contributed by atoms with Crippen LogP contribution in [-0.2, 0) is 14.7 Å². The number of hydrogen-bond acceptors (Lipinski definition) is 2. The van der Waals surface area contributed by atoms with Crippen LogP contribution in [0, 0.1) is 0 Å². The first-order valence-corrected chi connectivity index (χ1v) is 6.31. The third-order valence-corrected chi connectivity index (χ3v) is 3.04. The highest BCUT2D eigenvalue weighted by molar-refractivity contribution is 8.08. The number of hydrogen-bond donors (Lipinski definition) is 0. The van der Waals surface area contributed by atoms with Gasteiger partial charge in [-0.15, -0.1) is 0 Å². The molecule has 0 aromatic carbocycles. The van der Waals surface area contributed by atoms with E-state index in [-0.39, 0.29) is 12.2 Å². The Bertz CT molecular complexity index is 221. The molecule has 0 N–H and O–H groups in total. The summed E-state index contributed by atoms with van der Waals surface area (Å²) in [6, 6.07) is 0. The minimum absolute atomic E-state index is 0.0189. The molecule has 14 heavy (non-hydrogen) atoms. The molecular formula is C7H10ClF3O2S. The quantitative estimate of drug-likeness (QED) is 0.704. The van der Waals surface area contributed by atoms with Gasteiger partial charge in [0.15, 0.2) is 6.10 Å². The maximum atomic E-state index is 12.2. The molecule has 3 unspecified atom stereocenters. The van der Waals surface area contributed by atoms with Crippen molar-refractivity contribution in [3.8, 4) is 0 Å². The molecule has 0 aromatic rings. The minimum atomic E-state index is -4.33. The number of alkyl halides is 3. The fourth-order valence-electron chi connectivity index (χ4n) is 1.41. The molecule has 0 radical (unpaired) electrons. The van der Waals surface area contributed by atoms with Crippen molar-refractivity contribution in [1.82, 2.24) is 0 Å². The molecule has 84 valence electrons. The van der Waals surface area contributed by atoms with Gasteiger partial charge in [-0.1, -0.05) is 0 Å². The molecule has 0 spiro atoms. The van der Waals surface area contributed by atoms with Gasteiger partial charge in [-0.2, -0.15) is 13.2 Å². The Labute approximate surface area is 86.7 Å². The lowest BCUT2D eigenvalue weighted by Crippen LogP contribution is -2.40. The van der Waals surface area contributed by atoms with Crippen molar-refractivity contribution in [2.24, 2.45) is 0 Å². The van der Waals surface area contributed by atoms with Gasteiger partial charge in [0.1, 0.15) is 10.0 Å². The summed E-state index contributed by atoms with van der Waals surface area (Å²) >= 11 is 0. The van der Waals surface area contributed by atoms with Crippen LogP contribution < -0.4 is 0 Å². The number of ether oxygens (including phenoxy) is 1. The maximum Gasteiger partial charge on any atom is 0.414 e. The zero-order chi connectivity index (χ0) is 10.8. The molecule has 1 aliphatic heterocycles. The summed E-state index contributed by atoms with van der Waals surface area (Å²) in [5, 5.41) is 0. The molecule has 0 amide bonds. The average Bonchev–Trinajstić information content (AvgIpc) is 2.01. The zero-order valence-electron chi connectivity index (χ0n) is 7.22.